The fourth-order valence-corrected chi connectivity index (χ4v) is 2.22. The van der Waals surface area contributed by atoms with Gasteiger partial charge >= 0.3 is 0 Å². The molecular formula is C15H23NO2. The van der Waals surface area contributed by atoms with Crippen molar-refractivity contribution in [1.82, 2.24) is 5.48 Å². The molecule has 100 valence electrons. The van der Waals surface area contributed by atoms with Crippen molar-refractivity contribution >= 4 is 5.91 Å². The lowest BCUT2D eigenvalue weighted by Gasteiger charge is -2.17. The second kappa shape index (κ2) is 6.55. The molecule has 1 aromatic rings. The maximum absolute atomic E-state index is 11.7. The summed E-state index contributed by atoms with van der Waals surface area (Å²) in [7, 11) is 0. The highest BCUT2D eigenvalue weighted by Crippen LogP contribution is 2.26. The van der Waals surface area contributed by atoms with Crippen molar-refractivity contribution in [2.45, 2.75) is 46.5 Å². The van der Waals surface area contributed by atoms with Gasteiger partial charge in [-0.15, -0.1) is 0 Å². The standard InChI is InChI=1S/C15H23NO2/c1-10(2)8-9-12-6-5-7-13(15(17)16-18)14(12)11(3)4/h5-7,10-11,18H,8-9H2,1-4H3,(H,16,17). The summed E-state index contributed by atoms with van der Waals surface area (Å²) in [6.45, 7) is 8.53. The first-order valence-corrected chi connectivity index (χ1v) is 6.53. The van der Waals surface area contributed by atoms with E-state index in [2.05, 4.69) is 33.8 Å². The highest BCUT2D eigenvalue weighted by Gasteiger charge is 2.16. The third-order valence-electron chi connectivity index (χ3n) is 3.11. The lowest BCUT2D eigenvalue weighted by atomic mass is 9.88. The molecule has 0 bridgehead atoms. The molecule has 0 aliphatic rings. The summed E-state index contributed by atoms with van der Waals surface area (Å²) in [6, 6.07) is 5.72. The Kier molecular flexibility index (Phi) is 5.35. The molecule has 18 heavy (non-hydrogen) atoms. The fourth-order valence-electron chi connectivity index (χ4n) is 2.22. The van der Waals surface area contributed by atoms with Gasteiger partial charge in [-0.05, 0) is 41.9 Å². The maximum atomic E-state index is 11.7. The molecule has 0 saturated carbocycles. The molecule has 0 fully saturated rings. The Labute approximate surface area is 109 Å². The van der Waals surface area contributed by atoms with E-state index in [-0.39, 0.29) is 5.92 Å². The topological polar surface area (TPSA) is 49.3 Å². The number of rotatable bonds is 5. The molecule has 0 aliphatic heterocycles. The summed E-state index contributed by atoms with van der Waals surface area (Å²) < 4.78 is 0. The normalized spacial score (nSPS) is 11.1. The minimum absolute atomic E-state index is 0.265. The van der Waals surface area contributed by atoms with Crippen LogP contribution in [0.3, 0.4) is 0 Å². The van der Waals surface area contributed by atoms with Crippen LogP contribution in [0.4, 0.5) is 0 Å². The van der Waals surface area contributed by atoms with Crippen LogP contribution in [0, 0.1) is 5.92 Å². The first kappa shape index (κ1) is 14.7. The molecule has 0 saturated heterocycles. The Hall–Kier alpha value is -1.35. The average molecular weight is 249 g/mol. The molecular weight excluding hydrogens is 226 g/mol. The van der Waals surface area contributed by atoms with Crippen molar-refractivity contribution in [2.24, 2.45) is 5.92 Å². The molecule has 0 spiro atoms. The summed E-state index contributed by atoms with van der Waals surface area (Å²) >= 11 is 0. The summed E-state index contributed by atoms with van der Waals surface area (Å²) in [6.07, 6.45) is 2.07. The third-order valence-corrected chi connectivity index (χ3v) is 3.11. The zero-order valence-corrected chi connectivity index (χ0v) is 11.7. The molecule has 0 heterocycles. The molecule has 3 heteroatoms. The van der Waals surface area contributed by atoms with E-state index in [9.17, 15) is 4.79 Å². The van der Waals surface area contributed by atoms with Crippen LogP contribution < -0.4 is 5.48 Å². The van der Waals surface area contributed by atoms with E-state index in [1.165, 1.54) is 5.56 Å². The SMILES string of the molecule is CC(C)CCc1cccc(C(=O)NO)c1C(C)C. The first-order chi connectivity index (χ1) is 8.47. The Morgan fingerprint density at radius 2 is 1.94 bits per heavy atom. The van der Waals surface area contributed by atoms with Crippen molar-refractivity contribution in [3.63, 3.8) is 0 Å². The highest BCUT2D eigenvalue weighted by atomic mass is 16.5. The van der Waals surface area contributed by atoms with Crippen molar-refractivity contribution in [2.75, 3.05) is 0 Å². The lowest BCUT2D eigenvalue weighted by molar-refractivity contribution is 0.0705. The van der Waals surface area contributed by atoms with Crippen molar-refractivity contribution < 1.29 is 10.0 Å². The number of carbonyl (C=O) groups is 1. The van der Waals surface area contributed by atoms with Gasteiger partial charge in [0.15, 0.2) is 0 Å². The molecule has 0 atom stereocenters. The van der Waals surface area contributed by atoms with E-state index in [1.54, 1.807) is 11.5 Å². The Morgan fingerprint density at radius 1 is 1.28 bits per heavy atom. The highest BCUT2D eigenvalue weighted by molar-refractivity contribution is 5.95. The van der Waals surface area contributed by atoms with Crippen LogP contribution in [0.2, 0.25) is 0 Å². The minimum Gasteiger partial charge on any atom is -0.288 e. The van der Waals surface area contributed by atoms with Crippen LogP contribution in [0.15, 0.2) is 18.2 Å². The average Bonchev–Trinajstić information content (AvgIpc) is 2.34. The van der Waals surface area contributed by atoms with Crippen molar-refractivity contribution in [3.05, 3.63) is 34.9 Å². The molecule has 2 N–H and O–H groups in total. The van der Waals surface area contributed by atoms with Gasteiger partial charge in [-0.3, -0.25) is 10.0 Å². The van der Waals surface area contributed by atoms with Gasteiger partial charge in [0.25, 0.3) is 5.91 Å². The molecule has 0 aromatic heterocycles. The monoisotopic (exact) mass is 249 g/mol. The van der Waals surface area contributed by atoms with Gasteiger partial charge in [-0.2, -0.15) is 0 Å². The predicted molar refractivity (Wildman–Crippen MR) is 72.9 cm³/mol. The van der Waals surface area contributed by atoms with Crippen molar-refractivity contribution in [1.29, 1.82) is 0 Å². The number of aryl methyl sites for hydroxylation is 1. The van der Waals surface area contributed by atoms with Gasteiger partial charge in [-0.1, -0.05) is 39.8 Å². The van der Waals surface area contributed by atoms with Gasteiger partial charge in [0.1, 0.15) is 0 Å². The largest absolute Gasteiger partial charge is 0.288 e. The quantitative estimate of drug-likeness (QED) is 0.619. The van der Waals surface area contributed by atoms with Crippen LogP contribution in [-0.2, 0) is 6.42 Å². The van der Waals surface area contributed by atoms with E-state index >= 15 is 0 Å². The minimum atomic E-state index is -0.426. The van der Waals surface area contributed by atoms with E-state index in [0.717, 1.165) is 18.4 Å². The number of carbonyl (C=O) groups excluding carboxylic acids is 1. The molecule has 3 nitrogen and oxygen atoms in total. The van der Waals surface area contributed by atoms with E-state index in [1.807, 2.05) is 6.07 Å². The van der Waals surface area contributed by atoms with Crippen LogP contribution >= 0.6 is 0 Å². The number of hydrogen-bond donors (Lipinski definition) is 2. The number of benzene rings is 1. The van der Waals surface area contributed by atoms with E-state index in [0.29, 0.717) is 11.5 Å². The van der Waals surface area contributed by atoms with Gasteiger partial charge < -0.3 is 0 Å². The van der Waals surface area contributed by atoms with Crippen molar-refractivity contribution in [3.8, 4) is 0 Å². The van der Waals surface area contributed by atoms with Crippen LogP contribution in [0.5, 0.6) is 0 Å². The summed E-state index contributed by atoms with van der Waals surface area (Å²) in [5.41, 5.74) is 4.56. The zero-order chi connectivity index (χ0) is 13.7. The second-order valence-corrected chi connectivity index (χ2v) is 5.41. The fraction of sp³-hybridized carbons (Fsp3) is 0.533. The molecule has 0 unspecified atom stereocenters. The number of hydroxylamine groups is 1. The molecule has 1 aromatic carbocycles. The van der Waals surface area contributed by atoms with E-state index in [4.69, 9.17) is 5.21 Å². The predicted octanol–water partition coefficient (Wildman–Crippen LogP) is 3.52. The molecule has 0 radical (unpaired) electrons. The van der Waals surface area contributed by atoms with Crippen LogP contribution in [0.1, 0.15) is 61.5 Å². The van der Waals surface area contributed by atoms with Crippen LogP contribution in [-0.4, -0.2) is 11.1 Å². The van der Waals surface area contributed by atoms with Crippen LogP contribution in [0.25, 0.3) is 0 Å². The first-order valence-electron chi connectivity index (χ1n) is 6.53. The Balaban J connectivity index is 3.13. The Bertz CT molecular complexity index is 411. The lowest BCUT2D eigenvalue weighted by Crippen LogP contribution is -2.21. The summed E-state index contributed by atoms with van der Waals surface area (Å²) in [5, 5.41) is 8.80. The van der Waals surface area contributed by atoms with Gasteiger partial charge in [0, 0.05) is 5.56 Å². The third kappa shape index (κ3) is 3.57. The number of hydrogen-bond acceptors (Lipinski definition) is 2. The van der Waals surface area contributed by atoms with Gasteiger partial charge in [0.2, 0.25) is 0 Å². The summed E-state index contributed by atoms with van der Waals surface area (Å²) in [4.78, 5) is 11.7. The van der Waals surface area contributed by atoms with Gasteiger partial charge in [-0.25, -0.2) is 5.48 Å². The Morgan fingerprint density at radius 3 is 2.44 bits per heavy atom. The molecule has 1 amide bonds. The van der Waals surface area contributed by atoms with Gasteiger partial charge in [0.05, 0.1) is 0 Å². The zero-order valence-electron chi connectivity index (χ0n) is 11.7. The molecule has 0 aliphatic carbocycles. The maximum Gasteiger partial charge on any atom is 0.274 e. The smallest absolute Gasteiger partial charge is 0.274 e. The van der Waals surface area contributed by atoms with E-state index < -0.39 is 5.91 Å². The second-order valence-electron chi connectivity index (χ2n) is 5.41. The summed E-state index contributed by atoms with van der Waals surface area (Å²) in [5.74, 6) is 0.478. The number of amides is 1. The molecule has 1 rings (SSSR count). The number of nitrogens with one attached hydrogen (secondary N) is 1.